The highest BCUT2D eigenvalue weighted by molar-refractivity contribution is 5.78. The second-order valence-corrected chi connectivity index (χ2v) is 8.76. The number of aliphatic carboxylic acids is 1. The van der Waals surface area contributed by atoms with Gasteiger partial charge in [0.1, 0.15) is 11.6 Å². The van der Waals surface area contributed by atoms with Crippen molar-refractivity contribution in [3.05, 3.63) is 60.4 Å². The van der Waals surface area contributed by atoms with Crippen LogP contribution in [0.15, 0.2) is 59.3 Å². The molecule has 2 aromatic carbocycles. The van der Waals surface area contributed by atoms with Crippen LogP contribution < -0.4 is 10.1 Å². The average molecular weight is 459 g/mol. The number of anilines is 2. The fourth-order valence-corrected chi connectivity index (χ4v) is 4.39. The largest absolute Gasteiger partial charge is 0.481 e. The molecule has 5 rings (SSSR count). The molecule has 2 heterocycles. The van der Waals surface area contributed by atoms with Crippen LogP contribution in [-0.4, -0.2) is 32.1 Å². The Balaban J connectivity index is 1.18. The Labute approximate surface area is 197 Å². The summed E-state index contributed by atoms with van der Waals surface area (Å²) in [6.45, 7) is 2.00. The highest BCUT2D eigenvalue weighted by atomic mass is 16.5. The second kappa shape index (κ2) is 9.51. The number of nitrogens with one attached hydrogen (secondary N) is 1. The van der Waals surface area contributed by atoms with Crippen molar-refractivity contribution < 1.29 is 19.1 Å². The van der Waals surface area contributed by atoms with Crippen LogP contribution in [0.25, 0.3) is 22.2 Å². The lowest BCUT2D eigenvalue weighted by atomic mass is 9.85. The van der Waals surface area contributed by atoms with E-state index in [0.717, 1.165) is 59.2 Å². The molecule has 34 heavy (non-hydrogen) atoms. The number of aryl methyl sites for hydroxylation is 1. The normalized spacial score (nSPS) is 18.0. The van der Waals surface area contributed by atoms with Crippen molar-refractivity contribution in [1.82, 2.24) is 15.0 Å². The van der Waals surface area contributed by atoms with Gasteiger partial charge in [-0.25, -0.2) is 9.97 Å². The maximum Gasteiger partial charge on any atom is 0.316 e. The Kier molecular flexibility index (Phi) is 6.12. The maximum absolute atomic E-state index is 10.9. The minimum Gasteiger partial charge on any atom is -0.481 e. The molecule has 174 valence electrons. The predicted molar refractivity (Wildman–Crippen MR) is 128 cm³/mol. The summed E-state index contributed by atoms with van der Waals surface area (Å²) in [5.74, 6) is -0.488. The second-order valence-electron chi connectivity index (χ2n) is 8.76. The molecule has 2 aromatic heterocycles. The minimum absolute atomic E-state index is 0.0388. The zero-order valence-corrected chi connectivity index (χ0v) is 18.9. The highest BCUT2D eigenvalue weighted by Crippen LogP contribution is 2.30. The third-order valence-corrected chi connectivity index (χ3v) is 6.24. The smallest absolute Gasteiger partial charge is 0.316 e. The first-order valence-corrected chi connectivity index (χ1v) is 11.5. The molecule has 4 aromatic rings. The first-order valence-electron chi connectivity index (χ1n) is 11.5. The molecule has 2 N–H and O–H groups in total. The summed E-state index contributed by atoms with van der Waals surface area (Å²) in [6, 6.07) is 14.6. The molecule has 8 nitrogen and oxygen atoms in total. The number of oxazole rings is 1. The Morgan fingerprint density at radius 3 is 2.47 bits per heavy atom. The lowest BCUT2D eigenvalue weighted by molar-refractivity contribution is -0.138. The van der Waals surface area contributed by atoms with Crippen molar-refractivity contribution in [2.45, 2.75) is 45.1 Å². The van der Waals surface area contributed by atoms with Gasteiger partial charge in [0.15, 0.2) is 5.58 Å². The third kappa shape index (κ3) is 5.01. The molecule has 0 radical (unpaired) electrons. The van der Waals surface area contributed by atoms with Crippen LogP contribution >= 0.6 is 0 Å². The van der Waals surface area contributed by atoms with Crippen molar-refractivity contribution in [2.75, 3.05) is 5.32 Å². The van der Waals surface area contributed by atoms with E-state index >= 15 is 0 Å². The van der Waals surface area contributed by atoms with E-state index < -0.39 is 5.97 Å². The van der Waals surface area contributed by atoms with Crippen LogP contribution in [0.3, 0.4) is 0 Å². The SMILES string of the molecule is Cc1cccc2nc(Nc3ccc(-c4cnc(OC5CCC(CC(=O)O)CC5)nc4)cc3)oc12. The predicted octanol–water partition coefficient (Wildman–Crippen LogP) is 5.75. The minimum atomic E-state index is -0.728. The van der Waals surface area contributed by atoms with Crippen molar-refractivity contribution in [3.63, 3.8) is 0 Å². The Hall–Kier alpha value is -3.94. The molecule has 1 aliphatic rings. The molecule has 0 bridgehead atoms. The molecule has 8 heteroatoms. The van der Waals surface area contributed by atoms with Crippen LogP contribution in [-0.2, 0) is 4.79 Å². The fourth-order valence-electron chi connectivity index (χ4n) is 4.39. The van der Waals surface area contributed by atoms with Gasteiger partial charge in [0, 0.05) is 30.1 Å². The van der Waals surface area contributed by atoms with E-state index in [1.807, 2.05) is 49.4 Å². The number of nitrogens with zero attached hydrogens (tertiary/aromatic N) is 3. The zero-order chi connectivity index (χ0) is 23.5. The number of benzene rings is 2. The van der Waals surface area contributed by atoms with Crippen molar-refractivity contribution in [3.8, 4) is 17.1 Å². The quantitative estimate of drug-likeness (QED) is 0.360. The number of fused-ring (bicyclic) bond motifs is 1. The van der Waals surface area contributed by atoms with E-state index in [4.69, 9.17) is 14.3 Å². The van der Waals surface area contributed by atoms with Gasteiger partial charge >= 0.3 is 12.0 Å². The van der Waals surface area contributed by atoms with Gasteiger partial charge < -0.3 is 19.6 Å². The van der Waals surface area contributed by atoms with Crippen molar-refractivity contribution >= 4 is 28.8 Å². The van der Waals surface area contributed by atoms with Gasteiger partial charge in [-0.1, -0.05) is 24.3 Å². The van der Waals surface area contributed by atoms with Crippen LogP contribution in [0, 0.1) is 12.8 Å². The molecule has 1 fully saturated rings. The van der Waals surface area contributed by atoms with Gasteiger partial charge in [-0.2, -0.15) is 4.98 Å². The van der Waals surface area contributed by atoms with E-state index in [-0.39, 0.29) is 18.4 Å². The fraction of sp³-hybridized carbons (Fsp3) is 0.308. The molecule has 1 aliphatic carbocycles. The van der Waals surface area contributed by atoms with Crippen LogP contribution in [0.2, 0.25) is 0 Å². The van der Waals surface area contributed by atoms with Crippen LogP contribution in [0.1, 0.15) is 37.7 Å². The van der Waals surface area contributed by atoms with Gasteiger partial charge in [-0.3, -0.25) is 4.79 Å². The summed E-state index contributed by atoms with van der Waals surface area (Å²) in [4.78, 5) is 24.1. The number of ether oxygens (including phenoxy) is 1. The molecule has 0 spiro atoms. The molecular weight excluding hydrogens is 432 g/mol. The summed E-state index contributed by atoms with van der Waals surface area (Å²) >= 11 is 0. The van der Waals surface area contributed by atoms with Crippen LogP contribution in [0.5, 0.6) is 6.01 Å². The Morgan fingerprint density at radius 1 is 1.06 bits per heavy atom. The van der Waals surface area contributed by atoms with E-state index in [0.29, 0.717) is 12.0 Å². The van der Waals surface area contributed by atoms with E-state index in [1.54, 1.807) is 12.4 Å². The standard InChI is InChI=1S/C26H26N4O4/c1-16-3-2-4-22-24(16)34-26(30-22)29-20-9-7-18(8-10-20)19-14-27-25(28-15-19)33-21-11-5-17(6-12-21)13-23(31)32/h2-4,7-10,14-15,17,21H,5-6,11-13H2,1H3,(H,29,30)(H,31,32). The van der Waals surface area contributed by atoms with Crippen molar-refractivity contribution in [2.24, 2.45) is 5.92 Å². The summed E-state index contributed by atoms with van der Waals surface area (Å²) in [6.07, 6.45) is 7.16. The van der Waals surface area contributed by atoms with E-state index in [2.05, 4.69) is 20.3 Å². The lowest BCUT2D eigenvalue weighted by Gasteiger charge is -2.27. The number of carbonyl (C=O) groups is 1. The summed E-state index contributed by atoms with van der Waals surface area (Å²) in [5.41, 5.74) is 5.40. The zero-order valence-electron chi connectivity index (χ0n) is 18.9. The summed E-state index contributed by atoms with van der Waals surface area (Å²) in [7, 11) is 0. The molecule has 0 atom stereocenters. The average Bonchev–Trinajstić information content (AvgIpc) is 3.25. The van der Waals surface area contributed by atoms with Gasteiger partial charge in [0.2, 0.25) is 0 Å². The number of carboxylic acids is 1. The summed E-state index contributed by atoms with van der Waals surface area (Å²) < 4.78 is 11.8. The molecular formula is C26H26N4O4. The molecule has 1 saturated carbocycles. The third-order valence-electron chi connectivity index (χ3n) is 6.24. The van der Waals surface area contributed by atoms with E-state index in [1.165, 1.54) is 0 Å². The monoisotopic (exact) mass is 458 g/mol. The molecule has 0 aliphatic heterocycles. The van der Waals surface area contributed by atoms with Gasteiger partial charge in [-0.05, 0) is 67.9 Å². The van der Waals surface area contributed by atoms with E-state index in [9.17, 15) is 4.79 Å². The molecule has 0 unspecified atom stereocenters. The Morgan fingerprint density at radius 2 is 1.79 bits per heavy atom. The number of carboxylic acid groups (broad SMARTS) is 1. The number of para-hydroxylation sites is 1. The maximum atomic E-state index is 10.9. The van der Waals surface area contributed by atoms with Gasteiger partial charge in [0.25, 0.3) is 6.01 Å². The summed E-state index contributed by atoms with van der Waals surface area (Å²) in [5, 5.41) is 12.1. The number of hydrogen-bond donors (Lipinski definition) is 2. The number of hydrogen-bond acceptors (Lipinski definition) is 7. The number of aromatic nitrogens is 3. The molecule has 0 amide bonds. The first-order chi connectivity index (χ1) is 16.5. The first kappa shape index (κ1) is 21.9. The molecule has 0 saturated heterocycles. The Bertz CT molecular complexity index is 1280. The van der Waals surface area contributed by atoms with Crippen molar-refractivity contribution in [1.29, 1.82) is 0 Å². The van der Waals surface area contributed by atoms with Gasteiger partial charge in [-0.15, -0.1) is 0 Å². The lowest BCUT2D eigenvalue weighted by Crippen LogP contribution is -2.25. The van der Waals surface area contributed by atoms with Crippen LogP contribution in [0.4, 0.5) is 11.7 Å². The van der Waals surface area contributed by atoms with Gasteiger partial charge in [0.05, 0.1) is 0 Å². The topological polar surface area (TPSA) is 110 Å². The highest BCUT2D eigenvalue weighted by Gasteiger charge is 2.24. The number of rotatable bonds is 7.